The number of esters is 1. The molecule has 0 spiro atoms. The van der Waals surface area contributed by atoms with Crippen LogP contribution in [0.15, 0.2) is 29.2 Å². The molecule has 0 bridgehead atoms. The zero-order chi connectivity index (χ0) is 13.9. The molecule has 0 saturated carbocycles. The molecular weight excluding hydrogens is 258 g/mol. The highest BCUT2D eigenvalue weighted by molar-refractivity contribution is 7.99. The van der Waals surface area contributed by atoms with Crippen molar-refractivity contribution in [3.63, 3.8) is 0 Å². The Labute approximate surface area is 120 Å². The number of hydrogen-bond acceptors (Lipinski definition) is 4. The quantitative estimate of drug-likeness (QED) is 0.428. The van der Waals surface area contributed by atoms with Crippen molar-refractivity contribution in [1.29, 1.82) is 0 Å². The fourth-order valence-electron chi connectivity index (χ4n) is 1.66. The van der Waals surface area contributed by atoms with Crippen LogP contribution in [0, 0.1) is 0 Å². The molecule has 0 aromatic heterocycles. The van der Waals surface area contributed by atoms with Gasteiger partial charge in [-0.05, 0) is 42.8 Å². The van der Waals surface area contributed by atoms with Crippen molar-refractivity contribution >= 4 is 17.7 Å². The third-order valence-electron chi connectivity index (χ3n) is 2.68. The first-order chi connectivity index (χ1) is 9.26. The van der Waals surface area contributed by atoms with Crippen LogP contribution in [0.2, 0.25) is 0 Å². The molecule has 19 heavy (non-hydrogen) atoms. The van der Waals surface area contributed by atoms with E-state index in [4.69, 9.17) is 0 Å². The topological polar surface area (TPSA) is 38.3 Å². The van der Waals surface area contributed by atoms with Gasteiger partial charge in [-0.1, -0.05) is 19.1 Å². The second-order valence-corrected chi connectivity index (χ2v) is 5.52. The van der Waals surface area contributed by atoms with Crippen molar-refractivity contribution in [3.05, 3.63) is 29.8 Å². The molecule has 0 unspecified atom stereocenters. The summed E-state index contributed by atoms with van der Waals surface area (Å²) >= 11 is 1.79. The van der Waals surface area contributed by atoms with Gasteiger partial charge in [-0.25, -0.2) is 0 Å². The van der Waals surface area contributed by atoms with Gasteiger partial charge in [0.1, 0.15) is 0 Å². The summed E-state index contributed by atoms with van der Waals surface area (Å²) in [6, 6.07) is 8.56. The molecule has 0 aliphatic carbocycles. The number of hydrogen-bond donors (Lipinski definition) is 1. The predicted octanol–water partition coefficient (Wildman–Crippen LogP) is 3.23. The van der Waals surface area contributed by atoms with Crippen LogP contribution >= 0.6 is 11.8 Å². The highest BCUT2D eigenvalue weighted by atomic mass is 32.2. The Morgan fingerprint density at radius 2 is 2.26 bits per heavy atom. The van der Waals surface area contributed by atoms with E-state index in [9.17, 15) is 4.79 Å². The predicted molar refractivity (Wildman–Crippen MR) is 80.4 cm³/mol. The Bertz CT molecular complexity index is 382. The van der Waals surface area contributed by atoms with Crippen LogP contribution in [0.4, 0.5) is 0 Å². The van der Waals surface area contributed by atoms with Crippen molar-refractivity contribution in [1.82, 2.24) is 5.32 Å². The van der Waals surface area contributed by atoms with Crippen molar-refractivity contribution in [2.75, 3.05) is 19.4 Å². The van der Waals surface area contributed by atoms with Crippen LogP contribution < -0.4 is 5.32 Å². The smallest absolute Gasteiger partial charge is 0.305 e. The molecule has 0 aliphatic heterocycles. The van der Waals surface area contributed by atoms with E-state index in [1.807, 2.05) is 0 Å². The lowest BCUT2D eigenvalue weighted by atomic mass is 10.2. The molecule has 1 rings (SSSR count). The average Bonchev–Trinajstić information content (AvgIpc) is 2.44. The fourth-order valence-corrected chi connectivity index (χ4v) is 2.60. The summed E-state index contributed by atoms with van der Waals surface area (Å²) in [6.45, 7) is 4.14. The molecule has 3 nitrogen and oxygen atoms in total. The van der Waals surface area contributed by atoms with Crippen molar-refractivity contribution < 1.29 is 9.53 Å². The molecule has 1 aromatic carbocycles. The van der Waals surface area contributed by atoms with E-state index < -0.39 is 0 Å². The molecule has 106 valence electrons. The number of rotatable bonds is 9. The maximum Gasteiger partial charge on any atom is 0.305 e. The van der Waals surface area contributed by atoms with Gasteiger partial charge in [0.15, 0.2) is 0 Å². The molecule has 0 heterocycles. The van der Waals surface area contributed by atoms with Crippen molar-refractivity contribution in [2.24, 2.45) is 0 Å². The highest BCUT2D eigenvalue weighted by Gasteiger charge is 2.01. The van der Waals surface area contributed by atoms with E-state index in [2.05, 4.69) is 41.2 Å². The van der Waals surface area contributed by atoms with E-state index in [1.54, 1.807) is 11.8 Å². The zero-order valence-corrected chi connectivity index (χ0v) is 12.6. The highest BCUT2D eigenvalue weighted by Crippen LogP contribution is 2.20. The summed E-state index contributed by atoms with van der Waals surface area (Å²) in [6.07, 6.45) is 2.51. The Kier molecular flexibility index (Phi) is 8.34. The minimum Gasteiger partial charge on any atom is -0.469 e. The van der Waals surface area contributed by atoms with Crippen molar-refractivity contribution in [3.8, 4) is 0 Å². The Balaban J connectivity index is 2.29. The largest absolute Gasteiger partial charge is 0.469 e. The Morgan fingerprint density at radius 1 is 1.42 bits per heavy atom. The fraction of sp³-hybridized carbons (Fsp3) is 0.533. The van der Waals surface area contributed by atoms with Crippen LogP contribution in [-0.2, 0) is 16.1 Å². The van der Waals surface area contributed by atoms with Crippen LogP contribution in [-0.4, -0.2) is 25.4 Å². The van der Waals surface area contributed by atoms with Gasteiger partial charge in [-0.2, -0.15) is 0 Å². The van der Waals surface area contributed by atoms with E-state index in [0.29, 0.717) is 6.42 Å². The lowest BCUT2D eigenvalue weighted by Gasteiger charge is -2.06. The van der Waals surface area contributed by atoms with Crippen LogP contribution in [0.1, 0.15) is 31.7 Å². The summed E-state index contributed by atoms with van der Waals surface area (Å²) in [5.74, 6) is 0.819. The van der Waals surface area contributed by atoms with E-state index in [1.165, 1.54) is 17.6 Å². The van der Waals surface area contributed by atoms with Crippen LogP contribution in [0.3, 0.4) is 0 Å². The van der Waals surface area contributed by atoms with Gasteiger partial charge < -0.3 is 10.1 Å². The lowest BCUT2D eigenvalue weighted by Crippen LogP contribution is -2.13. The van der Waals surface area contributed by atoms with Gasteiger partial charge in [0.05, 0.1) is 7.11 Å². The van der Waals surface area contributed by atoms with Gasteiger partial charge in [0.2, 0.25) is 0 Å². The molecule has 1 aromatic rings. The van der Waals surface area contributed by atoms with Gasteiger partial charge >= 0.3 is 5.97 Å². The first-order valence-corrected chi connectivity index (χ1v) is 7.74. The Morgan fingerprint density at radius 3 is 3.00 bits per heavy atom. The first-order valence-electron chi connectivity index (χ1n) is 6.75. The molecule has 0 aliphatic rings. The molecule has 0 radical (unpaired) electrons. The minimum absolute atomic E-state index is 0.127. The van der Waals surface area contributed by atoms with Crippen molar-refractivity contribution in [2.45, 2.75) is 37.6 Å². The summed E-state index contributed by atoms with van der Waals surface area (Å²) < 4.78 is 4.62. The standard InChI is InChI=1S/C15H23NO2S/c1-3-9-16-12-13-6-4-7-14(11-13)19-10-5-8-15(17)18-2/h4,6-7,11,16H,3,5,8-10,12H2,1-2H3. The summed E-state index contributed by atoms with van der Waals surface area (Å²) in [7, 11) is 1.43. The number of benzene rings is 1. The second kappa shape index (κ2) is 9.87. The van der Waals surface area contributed by atoms with Gasteiger partial charge in [-0.3, -0.25) is 4.79 Å². The normalized spacial score (nSPS) is 10.4. The zero-order valence-electron chi connectivity index (χ0n) is 11.8. The molecule has 0 fully saturated rings. The lowest BCUT2D eigenvalue weighted by molar-refractivity contribution is -0.140. The van der Waals surface area contributed by atoms with E-state index >= 15 is 0 Å². The number of methoxy groups -OCH3 is 1. The third kappa shape index (κ3) is 7.23. The SMILES string of the molecule is CCCNCc1cccc(SCCCC(=O)OC)c1. The molecule has 0 saturated heterocycles. The van der Waals surface area contributed by atoms with Gasteiger partial charge in [0, 0.05) is 17.9 Å². The molecule has 0 atom stereocenters. The first kappa shape index (κ1) is 16.1. The Hall–Kier alpha value is -1.00. The number of thioether (sulfide) groups is 1. The number of carbonyl (C=O) groups excluding carboxylic acids is 1. The number of ether oxygens (including phenoxy) is 1. The average molecular weight is 281 g/mol. The molecule has 1 N–H and O–H groups in total. The molecule has 0 amide bonds. The van der Waals surface area contributed by atoms with Gasteiger partial charge in [0.25, 0.3) is 0 Å². The summed E-state index contributed by atoms with van der Waals surface area (Å²) in [4.78, 5) is 12.2. The number of carbonyl (C=O) groups is 1. The van der Waals surface area contributed by atoms with Crippen LogP contribution in [0.25, 0.3) is 0 Å². The second-order valence-electron chi connectivity index (χ2n) is 4.35. The third-order valence-corrected chi connectivity index (χ3v) is 3.76. The maximum atomic E-state index is 11.0. The molecular formula is C15H23NO2S. The summed E-state index contributed by atoms with van der Waals surface area (Å²) in [5, 5.41) is 3.40. The van der Waals surface area contributed by atoms with Gasteiger partial charge in [-0.15, -0.1) is 11.8 Å². The van der Waals surface area contributed by atoms with E-state index in [-0.39, 0.29) is 5.97 Å². The molecule has 4 heteroatoms. The maximum absolute atomic E-state index is 11.0. The monoisotopic (exact) mass is 281 g/mol. The van der Waals surface area contributed by atoms with E-state index in [0.717, 1.165) is 31.7 Å². The van der Waals surface area contributed by atoms with Crippen LogP contribution in [0.5, 0.6) is 0 Å². The number of nitrogens with one attached hydrogen (secondary N) is 1. The summed E-state index contributed by atoms with van der Waals surface area (Å²) in [5.41, 5.74) is 1.31. The minimum atomic E-state index is -0.127.